The summed E-state index contributed by atoms with van der Waals surface area (Å²) < 4.78 is 5.53. The highest BCUT2D eigenvalue weighted by molar-refractivity contribution is 5.94. The molecule has 106 valence electrons. The highest BCUT2D eigenvalue weighted by Gasteiger charge is 2.27. The third kappa shape index (κ3) is 3.69. The van der Waals surface area contributed by atoms with Gasteiger partial charge in [0, 0.05) is 18.7 Å². The molecule has 1 saturated heterocycles. The smallest absolute Gasteiger partial charge is 0.254 e. The minimum absolute atomic E-state index is 0. The van der Waals surface area contributed by atoms with Crippen molar-refractivity contribution in [2.45, 2.75) is 32.5 Å². The number of nitrogens with zero attached hydrogens (tertiary/aromatic N) is 1. The first-order valence-electron chi connectivity index (χ1n) is 6.33. The van der Waals surface area contributed by atoms with Crippen LogP contribution in [0.2, 0.25) is 0 Å². The summed E-state index contributed by atoms with van der Waals surface area (Å²) in [7, 11) is 0. The van der Waals surface area contributed by atoms with E-state index in [0.717, 1.165) is 5.56 Å². The number of halogens is 1. The molecule has 2 atom stereocenters. The van der Waals surface area contributed by atoms with Gasteiger partial charge in [0.2, 0.25) is 0 Å². The minimum Gasteiger partial charge on any atom is -0.375 e. The average molecular weight is 285 g/mol. The van der Waals surface area contributed by atoms with E-state index in [1.165, 1.54) is 0 Å². The molecule has 1 aromatic carbocycles. The Morgan fingerprint density at radius 3 is 2.58 bits per heavy atom. The van der Waals surface area contributed by atoms with Crippen LogP contribution in [0.25, 0.3) is 0 Å². The zero-order chi connectivity index (χ0) is 13.1. The summed E-state index contributed by atoms with van der Waals surface area (Å²) in [6.45, 7) is 5.76. The number of benzene rings is 1. The van der Waals surface area contributed by atoms with Gasteiger partial charge in [-0.1, -0.05) is 12.1 Å². The lowest BCUT2D eigenvalue weighted by atomic mass is 10.1. The number of hydrogen-bond acceptors (Lipinski definition) is 3. The van der Waals surface area contributed by atoms with Crippen molar-refractivity contribution >= 4 is 18.3 Å². The number of hydrogen-bond donors (Lipinski definition) is 1. The molecule has 0 spiro atoms. The first-order valence-corrected chi connectivity index (χ1v) is 6.33. The van der Waals surface area contributed by atoms with Gasteiger partial charge in [-0.15, -0.1) is 12.4 Å². The lowest BCUT2D eigenvalue weighted by molar-refractivity contribution is -0.0387. The predicted molar refractivity (Wildman–Crippen MR) is 77.5 cm³/mol. The van der Waals surface area contributed by atoms with Crippen LogP contribution < -0.4 is 5.73 Å². The molecule has 0 saturated carbocycles. The van der Waals surface area contributed by atoms with E-state index in [-0.39, 0.29) is 30.5 Å². The molecule has 1 aromatic rings. The molecule has 2 rings (SSSR count). The van der Waals surface area contributed by atoms with E-state index in [4.69, 9.17) is 10.5 Å². The molecule has 5 heteroatoms. The second kappa shape index (κ2) is 6.89. The van der Waals surface area contributed by atoms with E-state index in [1.54, 1.807) is 0 Å². The van der Waals surface area contributed by atoms with Gasteiger partial charge in [-0.3, -0.25) is 4.79 Å². The maximum absolute atomic E-state index is 12.4. The van der Waals surface area contributed by atoms with Gasteiger partial charge in [0.15, 0.2) is 0 Å². The number of rotatable bonds is 2. The number of carbonyl (C=O) groups is 1. The summed E-state index contributed by atoms with van der Waals surface area (Å²) in [6.07, 6.45) is 0.105. The van der Waals surface area contributed by atoms with E-state index >= 15 is 0 Å². The molecule has 1 aliphatic heterocycles. The molecule has 0 bridgehead atoms. The Morgan fingerprint density at radius 1 is 1.37 bits per heavy atom. The maximum atomic E-state index is 12.4. The molecule has 0 aliphatic carbocycles. The predicted octanol–water partition coefficient (Wildman–Crippen LogP) is 1.82. The second-order valence-electron chi connectivity index (χ2n) is 4.85. The van der Waals surface area contributed by atoms with Crippen LogP contribution in [-0.4, -0.2) is 36.1 Å². The topological polar surface area (TPSA) is 55.6 Å². The minimum atomic E-state index is 0. The van der Waals surface area contributed by atoms with Crippen molar-refractivity contribution in [1.82, 2.24) is 4.90 Å². The number of morpholine rings is 1. The van der Waals surface area contributed by atoms with Crippen molar-refractivity contribution < 1.29 is 9.53 Å². The summed E-state index contributed by atoms with van der Waals surface area (Å²) in [5, 5.41) is 0. The quantitative estimate of drug-likeness (QED) is 0.901. The summed E-state index contributed by atoms with van der Waals surface area (Å²) in [5.41, 5.74) is 7.30. The second-order valence-corrected chi connectivity index (χ2v) is 4.85. The molecule has 2 N–H and O–H groups in total. The third-order valence-corrected chi connectivity index (χ3v) is 3.31. The Morgan fingerprint density at radius 2 is 2.00 bits per heavy atom. The van der Waals surface area contributed by atoms with Gasteiger partial charge in [0.1, 0.15) is 0 Å². The highest BCUT2D eigenvalue weighted by atomic mass is 35.5. The third-order valence-electron chi connectivity index (χ3n) is 3.31. The first-order chi connectivity index (χ1) is 8.61. The molecular formula is C14H21ClN2O2. The van der Waals surface area contributed by atoms with Crippen LogP contribution in [0.3, 0.4) is 0 Å². The van der Waals surface area contributed by atoms with Crippen LogP contribution in [0.15, 0.2) is 24.3 Å². The lowest BCUT2D eigenvalue weighted by Crippen LogP contribution is -2.50. The number of ether oxygens (including phenoxy) is 1. The maximum Gasteiger partial charge on any atom is 0.254 e. The highest BCUT2D eigenvalue weighted by Crippen LogP contribution is 2.15. The van der Waals surface area contributed by atoms with E-state index in [2.05, 4.69) is 0 Å². The zero-order valence-electron chi connectivity index (χ0n) is 11.3. The van der Waals surface area contributed by atoms with Gasteiger partial charge in [-0.25, -0.2) is 0 Å². The molecule has 2 unspecified atom stereocenters. The Labute approximate surface area is 120 Å². The van der Waals surface area contributed by atoms with E-state index in [1.807, 2.05) is 43.0 Å². The largest absolute Gasteiger partial charge is 0.375 e. The Balaban J connectivity index is 0.00000180. The monoisotopic (exact) mass is 284 g/mol. The van der Waals surface area contributed by atoms with Crippen molar-refractivity contribution in [3.63, 3.8) is 0 Å². The van der Waals surface area contributed by atoms with Crippen LogP contribution in [0.1, 0.15) is 29.8 Å². The van der Waals surface area contributed by atoms with Gasteiger partial charge in [0.05, 0.1) is 18.8 Å². The van der Waals surface area contributed by atoms with Gasteiger partial charge >= 0.3 is 0 Å². The fourth-order valence-electron chi connectivity index (χ4n) is 2.14. The van der Waals surface area contributed by atoms with E-state index in [0.29, 0.717) is 25.3 Å². The summed E-state index contributed by atoms with van der Waals surface area (Å²) in [4.78, 5) is 14.3. The van der Waals surface area contributed by atoms with Crippen LogP contribution in [0.4, 0.5) is 0 Å². The fourth-order valence-corrected chi connectivity index (χ4v) is 2.14. The Kier molecular flexibility index (Phi) is 5.79. The van der Waals surface area contributed by atoms with E-state index in [9.17, 15) is 4.79 Å². The normalized spacial score (nSPS) is 22.8. The molecule has 4 nitrogen and oxygen atoms in total. The summed E-state index contributed by atoms with van der Waals surface area (Å²) >= 11 is 0. The molecule has 1 fully saturated rings. The van der Waals surface area contributed by atoms with Crippen molar-refractivity contribution in [1.29, 1.82) is 0 Å². The van der Waals surface area contributed by atoms with Gasteiger partial charge in [0.25, 0.3) is 5.91 Å². The van der Waals surface area contributed by atoms with Gasteiger partial charge < -0.3 is 15.4 Å². The molecule has 1 heterocycles. The first kappa shape index (κ1) is 16.0. The van der Waals surface area contributed by atoms with Gasteiger partial charge in [-0.05, 0) is 31.5 Å². The van der Waals surface area contributed by atoms with Crippen LogP contribution in [0, 0.1) is 0 Å². The number of nitrogens with two attached hydrogens (primary N) is 1. The molecule has 0 radical (unpaired) electrons. The number of carbonyl (C=O) groups excluding carboxylic acids is 1. The Bertz CT molecular complexity index is 422. The van der Waals surface area contributed by atoms with Crippen molar-refractivity contribution in [3.05, 3.63) is 35.4 Å². The molecule has 1 amide bonds. The SMILES string of the molecule is CC1CN(C(=O)c2ccc(CN)cc2)C(C)CO1.Cl. The molecular weight excluding hydrogens is 264 g/mol. The van der Waals surface area contributed by atoms with Gasteiger partial charge in [-0.2, -0.15) is 0 Å². The Hall–Kier alpha value is -1.10. The summed E-state index contributed by atoms with van der Waals surface area (Å²) in [6, 6.07) is 7.63. The zero-order valence-corrected chi connectivity index (χ0v) is 12.2. The average Bonchev–Trinajstić information content (AvgIpc) is 2.41. The molecule has 0 aromatic heterocycles. The standard InChI is InChI=1S/C14H20N2O2.ClH/c1-10-9-18-11(2)8-16(10)14(17)13-5-3-12(7-15)4-6-13;/h3-6,10-11H,7-9,15H2,1-2H3;1H. The number of amides is 1. The van der Waals surface area contributed by atoms with Crippen LogP contribution in [0.5, 0.6) is 0 Å². The summed E-state index contributed by atoms with van der Waals surface area (Å²) in [5.74, 6) is 0.0706. The van der Waals surface area contributed by atoms with Crippen molar-refractivity contribution in [3.8, 4) is 0 Å². The van der Waals surface area contributed by atoms with Crippen LogP contribution >= 0.6 is 12.4 Å². The van der Waals surface area contributed by atoms with Crippen molar-refractivity contribution in [2.75, 3.05) is 13.2 Å². The van der Waals surface area contributed by atoms with Crippen LogP contribution in [-0.2, 0) is 11.3 Å². The van der Waals surface area contributed by atoms with E-state index < -0.39 is 0 Å². The molecule has 19 heavy (non-hydrogen) atoms. The van der Waals surface area contributed by atoms with Crippen molar-refractivity contribution in [2.24, 2.45) is 5.73 Å². The lowest BCUT2D eigenvalue weighted by Gasteiger charge is -2.36. The fraction of sp³-hybridized carbons (Fsp3) is 0.500. The molecule has 1 aliphatic rings.